The Bertz CT molecular complexity index is 1290. The number of benzene rings is 2. The lowest BCUT2D eigenvalue weighted by molar-refractivity contribution is -0.398. The molecule has 2 heterocycles. The molecule has 1 aromatic heterocycles. The van der Waals surface area contributed by atoms with E-state index in [1.165, 1.54) is 12.1 Å². The van der Waals surface area contributed by atoms with E-state index in [-0.39, 0.29) is 24.1 Å². The van der Waals surface area contributed by atoms with Crippen LogP contribution in [0.15, 0.2) is 65.7 Å². The molecule has 8 nitrogen and oxygen atoms in total. The van der Waals surface area contributed by atoms with Crippen LogP contribution in [0.1, 0.15) is 35.7 Å². The van der Waals surface area contributed by atoms with Gasteiger partial charge in [-0.15, -0.1) is 11.3 Å². The molecular weight excluding hydrogens is 454 g/mol. The standard InChI is InChI=1S/C25H23N3O5S/c1-2-33-21-13-15(11-19(25(21)30)28(31)32)24-23-18(26-16-6-3-4-7-17(16)27-24)10-14(12-20(23)29)22-8-5-9-34-22/h3-11,13-14,23-24,26-27,30H,2,12H2,1H3/p-1/t14-,23-,24+/m0/s1. The highest BCUT2D eigenvalue weighted by atomic mass is 32.1. The molecule has 0 fully saturated rings. The van der Waals surface area contributed by atoms with Crippen LogP contribution in [0.3, 0.4) is 0 Å². The van der Waals surface area contributed by atoms with E-state index < -0.39 is 28.3 Å². The highest BCUT2D eigenvalue weighted by Crippen LogP contribution is 2.47. The van der Waals surface area contributed by atoms with Gasteiger partial charge in [-0.3, -0.25) is 14.9 Å². The van der Waals surface area contributed by atoms with Crippen LogP contribution in [0.25, 0.3) is 0 Å². The van der Waals surface area contributed by atoms with E-state index in [0.717, 1.165) is 21.9 Å². The molecular formula is C25H22N3O5S-. The molecule has 2 aromatic carbocycles. The van der Waals surface area contributed by atoms with Crippen LogP contribution in [0.2, 0.25) is 0 Å². The number of nitrogens with one attached hydrogen (secondary N) is 2. The van der Waals surface area contributed by atoms with E-state index in [1.54, 1.807) is 18.3 Å². The van der Waals surface area contributed by atoms with Gasteiger partial charge >= 0.3 is 0 Å². The zero-order valence-electron chi connectivity index (χ0n) is 18.3. The van der Waals surface area contributed by atoms with Gasteiger partial charge in [-0.05, 0) is 42.1 Å². The quantitative estimate of drug-likeness (QED) is 0.395. The molecule has 1 aliphatic heterocycles. The van der Waals surface area contributed by atoms with E-state index >= 15 is 0 Å². The Balaban J connectivity index is 1.67. The summed E-state index contributed by atoms with van der Waals surface area (Å²) in [6.45, 7) is 1.90. The Morgan fingerprint density at radius 3 is 2.68 bits per heavy atom. The number of thiophene rings is 1. The number of nitrogens with zero attached hydrogens (tertiary/aromatic N) is 1. The van der Waals surface area contributed by atoms with Crippen molar-refractivity contribution in [3.63, 3.8) is 0 Å². The number of nitro benzene ring substituents is 1. The number of ketones is 1. The molecule has 3 aromatic rings. The number of Topliss-reactive ketones (excluding diaryl/α,β-unsaturated/α-hetero) is 1. The van der Waals surface area contributed by atoms with E-state index in [9.17, 15) is 20.0 Å². The fourth-order valence-electron chi connectivity index (χ4n) is 4.65. The maximum absolute atomic E-state index is 13.6. The molecule has 0 radical (unpaired) electrons. The summed E-state index contributed by atoms with van der Waals surface area (Å²) in [4.78, 5) is 25.6. The fourth-order valence-corrected chi connectivity index (χ4v) is 5.45. The fraction of sp³-hybridized carbons (Fsp3) is 0.240. The molecule has 0 bridgehead atoms. The summed E-state index contributed by atoms with van der Waals surface area (Å²) in [7, 11) is 0. The first-order chi connectivity index (χ1) is 16.5. The van der Waals surface area contributed by atoms with Crippen molar-refractivity contribution in [2.75, 3.05) is 17.2 Å². The number of ether oxygens (including phenoxy) is 1. The molecule has 2 aliphatic rings. The van der Waals surface area contributed by atoms with Crippen LogP contribution in [0, 0.1) is 16.0 Å². The molecule has 2 N–H and O–H groups in total. The highest BCUT2D eigenvalue weighted by molar-refractivity contribution is 7.10. The molecule has 0 amide bonds. The van der Waals surface area contributed by atoms with Crippen LogP contribution in [-0.4, -0.2) is 17.3 Å². The van der Waals surface area contributed by atoms with Gasteiger partial charge in [0, 0.05) is 34.7 Å². The molecule has 1 aliphatic carbocycles. The van der Waals surface area contributed by atoms with Crippen molar-refractivity contribution in [3.8, 4) is 11.5 Å². The number of hydrogen-bond acceptors (Lipinski definition) is 8. The third kappa shape index (κ3) is 3.88. The first kappa shape index (κ1) is 22.0. The lowest BCUT2D eigenvalue weighted by Crippen LogP contribution is -2.33. The second kappa shape index (κ2) is 8.83. The van der Waals surface area contributed by atoms with Crippen molar-refractivity contribution in [2.45, 2.75) is 25.3 Å². The van der Waals surface area contributed by atoms with Gasteiger partial charge in [-0.1, -0.05) is 24.3 Å². The van der Waals surface area contributed by atoms with Gasteiger partial charge in [-0.25, -0.2) is 0 Å². The number of carbonyl (C=O) groups excluding carboxylic acids is 1. The van der Waals surface area contributed by atoms with Gasteiger partial charge in [0.25, 0.3) is 5.69 Å². The van der Waals surface area contributed by atoms with Crippen molar-refractivity contribution in [2.24, 2.45) is 5.92 Å². The van der Waals surface area contributed by atoms with Crippen molar-refractivity contribution < 1.29 is 19.6 Å². The number of nitro groups is 1. The molecule has 0 saturated heterocycles. The van der Waals surface area contributed by atoms with Crippen LogP contribution < -0.4 is 20.5 Å². The minimum atomic E-state index is -0.772. The summed E-state index contributed by atoms with van der Waals surface area (Å²) in [5.74, 6) is -1.51. The third-order valence-corrected chi connectivity index (χ3v) is 7.16. The van der Waals surface area contributed by atoms with Crippen LogP contribution in [0.5, 0.6) is 11.5 Å². The number of anilines is 2. The van der Waals surface area contributed by atoms with Crippen molar-refractivity contribution in [3.05, 3.63) is 86.2 Å². The smallest absolute Gasteiger partial charge is 0.265 e. The van der Waals surface area contributed by atoms with Crippen LogP contribution in [0.4, 0.5) is 17.1 Å². The van der Waals surface area contributed by atoms with Gasteiger partial charge in [0.2, 0.25) is 0 Å². The molecule has 174 valence electrons. The van der Waals surface area contributed by atoms with Gasteiger partial charge in [0.05, 0.1) is 34.9 Å². The van der Waals surface area contributed by atoms with Gasteiger partial charge < -0.3 is 20.5 Å². The van der Waals surface area contributed by atoms with E-state index in [1.807, 2.05) is 41.8 Å². The predicted molar refractivity (Wildman–Crippen MR) is 128 cm³/mol. The lowest BCUT2D eigenvalue weighted by Gasteiger charge is -2.32. The summed E-state index contributed by atoms with van der Waals surface area (Å²) >= 11 is 1.61. The van der Waals surface area contributed by atoms with Crippen LogP contribution >= 0.6 is 11.3 Å². The SMILES string of the molecule is CCOc1cc([C@H]2Nc3ccccc3NC3=C[C@H](c4cccs4)CC(=O)[C@H]32)cc([N+](=O)[O-])c1[O-]. The van der Waals surface area contributed by atoms with E-state index in [4.69, 9.17) is 4.74 Å². The molecule has 5 rings (SSSR count). The Morgan fingerprint density at radius 2 is 1.97 bits per heavy atom. The summed E-state index contributed by atoms with van der Waals surface area (Å²) in [5, 5.41) is 33.0. The topological polar surface area (TPSA) is 117 Å². The number of allylic oxidation sites excluding steroid dienone is 1. The number of rotatable bonds is 5. The second-order valence-corrected chi connectivity index (χ2v) is 9.22. The summed E-state index contributed by atoms with van der Waals surface area (Å²) < 4.78 is 5.43. The Morgan fingerprint density at radius 1 is 1.18 bits per heavy atom. The Labute approximate surface area is 200 Å². The normalized spacial score (nSPS) is 21.3. The highest BCUT2D eigenvalue weighted by Gasteiger charge is 2.40. The number of fused-ring (bicyclic) bond motifs is 2. The number of para-hydroxylation sites is 2. The molecule has 0 spiro atoms. The summed E-state index contributed by atoms with van der Waals surface area (Å²) in [6, 6.07) is 13.7. The zero-order chi connectivity index (χ0) is 23.8. The number of carbonyl (C=O) groups is 1. The summed E-state index contributed by atoms with van der Waals surface area (Å²) in [5.41, 5.74) is 2.19. The average molecular weight is 477 g/mol. The van der Waals surface area contributed by atoms with Gasteiger partial charge in [-0.2, -0.15) is 0 Å². The zero-order valence-corrected chi connectivity index (χ0v) is 19.1. The maximum Gasteiger partial charge on any atom is 0.265 e. The van der Waals surface area contributed by atoms with Gasteiger partial charge in [0.1, 0.15) is 11.5 Å². The summed E-state index contributed by atoms with van der Waals surface area (Å²) in [6.07, 6.45) is 2.40. The predicted octanol–water partition coefficient (Wildman–Crippen LogP) is 4.96. The molecule has 0 saturated carbocycles. The van der Waals surface area contributed by atoms with E-state index in [2.05, 4.69) is 16.7 Å². The van der Waals surface area contributed by atoms with Crippen molar-refractivity contribution in [1.82, 2.24) is 0 Å². The van der Waals surface area contributed by atoms with E-state index in [0.29, 0.717) is 12.0 Å². The molecule has 3 atom stereocenters. The monoisotopic (exact) mass is 476 g/mol. The lowest BCUT2D eigenvalue weighted by atomic mass is 9.78. The van der Waals surface area contributed by atoms with Crippen LogP contribution in [-0.2, 0) is 4.79 Å². The Kier molecular flexibility index (Phi) is 5.70. The largest absolute Gasteiger partial charge is 0.865 e. The molecule has 0 unspecified atom stereocenters. The second-order valence-electron chi connectivity index (χ2n) is 8.24. The van der Waals surface area contributed by atoms with Crippen molar-refractivity contribution >= 4 is 34.2 Å². The number of hydrogen-bond donors (Lipinski definition) is 2. The average Bonchev–Trinajstić information content (AvgIpc) is 3.29. The first-order valence-corrected chi connectivity index (χ1v) is 11.9. The van der Waals surface area contributed by atoms with Gasteiger partial charge in [0.15, 0.2) is 0 Å². The minimum absolute atomic E-state index is 0.0144. The molecule has 34 heavy (non-hydrogen) atoms. The maximum atomic E-state index is 13.6. The minimum Gasteiger partial charge on any atom is -0.865 e. The molecule has 9 heteroatoms. The Hall–Kier alpha value is -3.85. The third-order valence-electron chi connectivity index (χ3n) is 6.16. The van der Waals surface area contributed by atoms with Crippen molar-refractivity contribution in [1.29, 1.82) is 0 Å². The first-order valence-electron chi connectivity index (χ1n) is 11.0.